The van der Waals surface area contributed by atoms with E-state index in [1.54, 1.807) is 7.11 Å². The first-order valence-corrected chi connectivity index (χ1v) is 5.78. The zero-order chi connectivity index (χ0) is 12.8. The Labute approximate surface area is 105 Å². The average molecular weight is 249 g/mol. The van der Waals surface area contributed by atoms with E-state index in [0.29, 0.717) is 24.7 Å². The van der Waals surface area contributed by atoms with Crippen molar-refractivity contribution in [1.29, 1.82) is 0 Å². The lowest BCUT2D eigenvalue weighted by atomic mass is 10.2. The van der Waals surface area contributed by atoms with Gasteiger partial charge in [-0.25, -0.2) is 9.79 Å². The number of aliphatic imine (C=N–C) groups is 1. The minimum atomic E-state index is 0.0812. The van der Waals surface area contributed by atoms with Gasteiger partial charge < -0.3 is 14.2 Å². The van der Waals surface area contributed by atoms with E-state index in [0.717, 1.165) is 18.6 Å². The fourth-order valence-electron chi connectivity index (χ4n) is 1.82. The number of hydrogen-bond acceptors (Lipinski definition) is 5. The smallest absolute Gasteiger partial charge is 0.235 e. The molecule has 18 heavy (non-hydrogen) atoms. The highest BCUT2D eigenvalue weighted by molar-refractivity contribution is 5.43. The van der Waals surface area contributed by atoms with E-state index in [1.807, 2.05) is 18.2 Å². The Bertz CT molecular complexity index is 448. The van der Waals surface area contributed by atoms with Crippen LogP contribution in [0.4, 0.5) is 0 Å². The van der Waals surface area contributed by atoms with Gasteiger partial charge in [0.15, 0.2) is 11.5 Å². The van der Waals surface area contributed by atoms with Gasteiger partial charge in [0, 0.05) is 6.42 Å². The molecule has 0 N–H and O–H groups in total. The van der Waals surface area contributed by atoms with Gasteiger partial charge in [0.2, 0.25) is 6.08 Å². The maximum Gasteiger partial charge on any atom is 0.235 e. The van der Waals surface area contributed by atoms with Gasteiger partial charge >= 0.3 is 0 Å². The van der Waals surface area contributed by atoms with Crippen LogP contribution < -0.4 is 9.47 Å². The zero-order valence-corrected chi connectivity index (χ0v) is 10.2. The molecule has 1 atom stereocenters. The lowest BCUT2D eigenvalue weighted by Gasteiger charge is -2.15. The van der Waals surface area contributed by atoms with Crippen LogP contribution in [0.25, 0.3) is 0 Å². The Balaban J connectivity index is 2.11. The molecule has 0 radical (unpaired) electrons. The number of nitrogens with zero attached hydrogens (tertiary/aromatic N) is 1. The molecule has 1 heterocycles. The maximum absolute atomic E-state index is 10.1. The molecular weight excluding hydrogens is 234 g/mol. The summed E-state index contributed by atoms with van der Waals surface area (Å²) in [5.74, 6) is 1.33. The Morgan fingerprint density at radius 2 is 2.39 bits per heavy atom. The SMILES string of the molecule is COc1cc(CN=C=O)ccc1OC1CCOC1. The Morgan fingerprint density at radius 1 is 1.50 bits per heavy atom. The summed E-state index contributed by atoms with van der Waals surface area (Å²) in [5.41, 5.74) is 0.880. The molecule has 1 aromatic rings. The highest BCUT2D eigenvalue weighted by Gasteiger charge is 2.19. The summed E-state index contributed by atoms with van der Waals surface area (Å²) in [6.07, 6.45) is 2.48. The second-order valence-electron chi connectivity index (χ2n) is 4.00. The fraction of sp³-hybridized carbons (Fsp3) is 0.462. The van der Waals surface area contributed by atoms with Gasteiger partial charge in [-0.1, -0.05) is 6.07 Å². The zero-order valence-electron chi connectivity index (χ0n) is 10.2. The van der Waals surface area contributed by atoms with Crippen LogP contribution in [0.3, 0.4) is 0 Å². The molecule has 2 rings (SSSR count). The molecule has 0 bridgehead atoms. The second kappa shape index (κ2) is 6.19. The summed E-state index contributed by atoms with van der Waals surface area (Å²) in [6.45, 7) is 1.64. The highest BCUT2D eigenvalue weighted by atomic mass is 16.6. The van der Waals surface area contributed by atoms with Gasteiger partial charge in [-0.05, 0) is 17.7 Å². The molecule has 1 unspecified atom stereocenters. The van der Waals surface area contributed by atoms with Gasteiger partial charge in [-0.15, -0.1) is 0 Å². The number of rotatable bonds is 5. The van der Waals surface area contributed by atoms with Crippen LogP contribution in [0.1, 0.15) is 12.0 Å². The van der Waals surface area contributed by atoms with E-state index in [4.69, 9.17) is 14.2 Å². The van der Waals surface area contributed by atoms with Crippen molar-refractivity contribution in [3.63, 3.8) is 0 Å². The number of benzene rings is 1. The molecule has 96 valence electrons. The van der Waals surface area contributed by atoms with Crippen LogP contribution in [-0.2, 0) is 16.1 Å². The minimum Gasteiger partial charge on any atom is -0.493 e. The molecule has 0 saturated carbocycles. The van der Waals surface area contributed by atoms with Crippen molar-refractivity contribution >= 4 is 6.08 Å². The van der Waals surface area contributed by atoms with Crippen LogP contribution in [-0.4, -0.2) is 32.5 Å². The Kier molecular flexibility index (Phi) is 4.34. The van der Waals surface area contributed by atoms with Gasteiger partial charge in [0.1, 0.15) is 6.10 Å². The van der Waals surface area contributed by atoms with Crippen LogP contribution >= 0.6 is 0 Å². The quantitative estimate of drug-likeness (QED) is 0.588. The first-order valence-electron chi connectivity index (χ1n) is 5.78. The summed E-state index contributed by atoms with van der Waals surface area (Å²) in [5, 5.41) is 0. The van der Waals surface area contributed by atoms with Gasteiger partial charge in [-0.3, -0.25) is 0 Å². The normalized spacial score (nSPS) is 18.2. The monoisotopic (exact) mass is 249 g/mol. The molecule has 0 amide bonds. The third-order valence-electron chi connectivity index (χ3n) is 2.74. The van der Waals surface area contributed by atoms with E-state index in [-0.39, 0.29) is 6.10 Å². The molecule has 1 saturated heterocycles. The summed E-state index contributed by atoms with van der Waals surface area (Å²) >= 11 is 0. The van der Waals surface area contributed by atoms with Crippen molar-refractivity contribution in [2.45, 2.75) is 19.1 Å². The number of ether oxygens (including phenoxy) is 3. The lowest BCUT2D eigenvalue weighted by Crippen LogP contribution is -2.16. The molecule has 1 aliphatic heterocycles. The molecule has 1 aliphatic rings. The first kappa shape index (κ1) is 12.6. The molecular formula is C13H15NO4. The second-order valence-corrected chi connectivity index (χ2v) is 4.00. The number of methoxy groups -OCH3 is 1. The highest BCUT2D eigenvalue weighted by Crippen LogP contribution is 2.30. The molecule has 0 aliphatic carbocycles. The number of isocyanates is 1. The summed E-state index contributed by atoms with van der Waals surface area (Å²) in [7, 11) is 1.58. The Hall–Kier alpha value is -1.84. The summed E-state index contributed by atoms with van der Waals surface area (Å²) in [6, 6.07) is 5.49. The van der Waals surface area contributed by atoms with E-state index in [2.05, 4.69) is 4.99 Å². The molecule has 0 spiro atoms. The van der Waals surface area contributed by atoms with E-state index >= 15 is 0 Å². The van der Waals surface area contributed by atoms with Crippen LogP contribution in [0.15, 0.2) is 23.2 Å². The predicted molar refractivity (Wildman–Crippen MR) is 64.7 cm³/mol. The maximum atomic E-state index is 10.1. The molecule has 5 nitrogen and oxygen atoms in total. The fourth-order valence-corrected chi connectivity index (χ4v) is 1.82. The van der Waals surface area contributed by atoms with E-state index in [1.165, 1.54) is 6.08 Å². The van der Waals surface area contributed by atoms with Crippen LogP contribution in [0.2, 0.25) is 0 Å². The molecule has 0 aromatic heterocycles. The Morgan fingerprint density at radius 3 is 3.06 bits per heavy atom. The molecule has 1 fully saturated rings. The topological polar surface area (TPSA) is 57.1 Å². The van der Waals surface area contributed by atoms with Crippen molar-refractivity contribution in [3.05, 3.63) is 23.8 Å². The first-order chi connectivity index (χ1) is 8.83. The van der Waals surface area contributed by atoms with Crippen molar-refractivity contribution < 1.29 is 19.0 Å². The minimum absolute atomic E-state index is 0.0812. The third kappa shape index (κ3) is 3.09. The van der Waals surface area contributed by atoms with Crippen LogP contribution in [0, 0.1) is 0 Å². The number of carbonyl (C=O) groups excluding carboxylic acids is 1. The van der Waals surface area contributed by atoms with Crippen molar-refractivity contribution in [2.24, 2.45) is 4.99 Å². The van der Waals surface area contributed by atoms with Crippen LogP contribution in [0.5, 0.6) is 11.5 Å². The average Bonchev–Trinajstić information content (AvgIpc) is 2.90. The van der Waals surface area contributed by atoms with Gasteiger partial charge in [0.05, 0.1) is 26.9 Å². The largest absolute Gasteiger partial charge is 0.493 e. The standard InChI is InChI=1S/C13H15NO4/c1-16-13-6-10(7-14-9-15)2-3-12(13)18-11-4-5-17-8-11/h2-3,6,11H,4-5,7-8H2,1H3. The lowest BCUT2D eigenvalue weighted by molar-refractivity contribution is 0.138. The van der Waals surface area contributed by atoms with Crippen molar-refractivity contribution in [2.75, 3.05) is 20.3 Å². The van der Waals surface area contributed by atoms with Gasteiger partial charge in [0.25, 0.3) is 0 Å². The third-order valence-corrected chi connectivity index (χ3v) is 2.74. The summed E-state index contributed by atoms with van der Waals surface area (Å²) < 4.78 is 16.3. The van der Waals surface area contributed by atoms with E-state index < -0.39 is 0 Å². The van der Waals surface area contributed by atoms with Gasteiger partial charge in [-0.2, -0.15) is 0 Å². The van der Waals surface area contributed by atoms with Crippen molar-refractivity contribution in [1.82, 2.24) is 0 Å². The molecule has 5 heteroatoms. The molecule has 1 aromatic carbocycles. The van der Waals surface area contributed by atoms with E-state index in [9.17, 15) is 4.79 Å². The van der Waals surface area contributed by atoms with Crippen molar-refractivity contribution in [3.8, 4) is 11.5 Å². The number of hydrogen-bond donors (Lipinski definition) is 0. The predicted octanol–water partition coefficient (Wildman–Crippen LogP) is 1.70. The summed E-state index contributed by atoms with van der Waals surface area (Å²) in [4.78, 5) is 13.6.